The summed E-state index contributed by atoms with van der Waals surface area (Å²) in [6.07, 6.45) is 7.25. The SMILES string of the molecule is CCC(=O)OC[C@@]12[C@H](CC(=O)C[C@@H]1C)[C@@H](C)C[C@@H]1[C@@H]2CC[C@@]2(C)[C@H]1CC[C@]2(C)OC(=O)CC. The van der Waals surface area contributed by atoms with Crippen LogP contribution in [0.4, 0.5) is 0 Å². The molecule has 0 aliphatic heterocycles. The third kappa shape index (κ3) is 3.67. The van der Waals surface area contributed by atoms with Gasteiger partial charge in [-0.1, -0.05) is 34.6 Å². The zero-order chi connectivity index (χ0) is 24.2. The van der Waals surface area contributed by atoms with Crippen LogP contribution in [-0.4, -0.2) is 29.9 Å². The summed E-state index contributed by atoms with van der Waals surface area (Å²) < 4.78 is 12.1. The van der Waals surface area contributed by atoms with Crippen molar-refractivity contribution in [3.63, 3.8) is 0 Å². The van der Waals surface area contributed by atoms with Crippen molar-refractivity contribution in [2.45, 2.75) is 105 Å². The lowest BCUT2D eigenvalue weighted by molar-refractivity contribution is -0.208. The number of rotatable bonds is 5. The van der Waals surface area contributed by atoms with Crippen LogP contribution in [0.5, 0.6) is 0 Å². The number of Topliss-reactive ketones (excluding diaryl/α,β-unsaturated/α-hetero) is 1. The zero-order valence-corrected chi connectivity index (χ0v) is 21.6. The molecule has 4 fully saturated rings. The highest BCUT2D eigenvalue weighted by Crippen LogP contribution is 2.70. The summed E-state index contributed by atoms with van der Waals surface area (Å²) in [7, 11) is 0. The average molecular weight is 461 g/mol. The molecular formula is C28H44O5. The van der Waals surface area contributed by atoms with Gasteiger partial charge in [-0.3, -0.25) is 14.4 Å². The highest BCUT2D eigenvalue weighted by atomic mass is 16.6. The van der Waals surface area contributed by atoms with E-state index in [4.69, 9.17) is 9.47 Å². The number of fused-ring (bicyclic) bond motifs is 5. The van der Waals surface area contributed by atoms with Crippen LogP contribution in [-0.2, 0) is 23.9 Å². The van der Waals surface area contributed by atoms with E-state index in [0.717, 1.165) is 32.1 Å². The summed E-state index contributed by atoms with van der Waals surface area (Å²) in [5.41, 5.74) is -0.562. The topological polar surface area (TPSA) is 69.7 Å². The highest BCUT2D eigenvalue weighted by molar-refractivity contribution is 5.80. The summed E-state index contributed by atoms with van der Waals surface area (Å²) in [4.78, 5) is 37.2. The van der Waals surface area contributed by atoms with Gasteiger partial charge in [0.1, 0.15) is 11.4 Å². The van der Waals surface area contributed by atoms with E-state index in [2.05, 4.69) is 27.7 Å². The van der Waals surface area contributed by atoms with Gasteiger partial charge in [0, 0.05) is 36.5 Å². The van der Waals surface area contributed by atoms with Crippen LogP contribution in [0.1, 0.15) is 99.3 Å². The first-order chi connectivity index (χ1) is 15.5. The van der Waals surface area contributed by atoms with Gasteiger partial charge >= 0.3 is 11.9 Å². The van der Waals surface area contributed by atoms with Crippen molar-refractivity contribution in [3.05, 3.63) is 0 Å². The van der Waals surface area contributed by atoms with Gasteiger partial charge < -0.3 is 9.47 Å². The number of ether oxygens (including phenoxy) is 2. The van der Waals surface area contributed by atoms with Crippen LogP contribution < -0.4 is 0 Å². The molecule has 0 N–H and O–H groups in total. The van der Waals surface area contributed by atoms with Crippen LogP contribution in [0.3, 0.4) is 0 Å². The van der Waals surface area contributed by atoms with Crippen molar-refractivity contribution in [1.29, 1.82) is 0 Å². The Kier molecular flexibility index (Phi) is 6.50. The van der Waals surface area contributed by atoms with Gasteiger partial charge in [-0.25, -0.2) is 0 Å². The van der Waals surface area contributed by atoms with E-state index in [1.165, 1.54) is 0 Å². The molecule has 4 saturated carbocycles. The molecule has 4 aliphatic rings. The molecule has 4 aliphatic carbocycles. The van der Waals surface area contributed by atoms with Gasteiger partial charge in [0.15, 0.2) is 0 Å². The zero-order valence-electron chi connectivity index (χ0n) is 21.6. The summed E-state index contributed by atoms with van der Waals surface area (Å²) in [5.74, 6) is 2.54. The Labute approximate surface area is 199 Å². The highest BCUT2D eigenvalue weighted by Gasteiger charge is 2.68. The van der Waals surface area contributed by atoms with Crippen molar-refractivity contribution >= 4 is 17.7 Å². The quantitative estimate of drug-likeness (QED) is 0.490. The molecule has 0 amide bonds. The predicted octanol–water partition coefficient (Wildman–Crippen LogP) is 5.74. The Bertz CT molecular complexity index is 806. The Morgan fingerprint density at radius 3 is 2.27 bits per heavy atom. The van der Waals surface area contributed by atoms with Gasteiger partial charge in [-0.05, 0) is 74.5 Å². The minimum absolute atomic E-state index is 0.0272. The molecule has 5 nitrogen and oxygen atoms in total. The molecular weight excluding hydrogens is 416 g/mol. The molecule has 0 aromatic carbocycles. The van der Waals surface area contributed by atoms with Crippen molar-refractivity contribution in [3.8, 4) is 0 Å². The summed E-state index contributed by atoms with van der Waals surface area (Å²) >= 11 is 0. The molecule has 0 aromatic heterocycles. The second-order valence-electron chi connectivity index (χ2n) is 12.2. The van der Waals surface area contributed by atoms with Crippen LogP contribution in [0, 0.1) is 46.3 Å². The third-order valence-electron chi connectivity index (χ3n) is 11.0. The van der Waals surface area contributed by atoms with Crippen molar-refractivity contribution < 1.29 is 23.9 Å². The molecule has 0 heterocycles. The number of esters is 2. The lowest BCUT2D eigenvalue weighted by Crippen LogP contribution is -2.62. The molecule has 4 rings (SSSR count). The van der Waals surface area contributed by atoms with Crippen molar-refractivity contribution in [1.82, 2.24) is 0 Å². The maximum Gasteiger partial charge on any atom is 0.306 e. The van der Waals surface area contributed by atoms with Gasteiger partial charge in [0.2, 0.25) is 0 Å². The lowest BCUT2D eigenvalue weighted by Gasteiger charge is -2.64. The molecule has 0 unspecified atom stereocenters. The van der Waals surface area contributed by atoms with E-state index in [1.807, 2.05) is 13.8 Å². The molecule has 0 bridgehead atoms. The fourth-order valence-electron chi connectivity index (χ4n) is 9.04. The average Bonchev–Trinajstić information content (AvgIpc) is 3.03. The lowest BCUT2D eigenvalue weighted by atomic mass is 9.40. The van der Waals surface area contributed by atoms with Crippen LogP contribution in [0.25, 0.3) is 0 Å². The Morgan fingerprint density at radius 1 is 0.939 bits per heavy atom. The summed E-state index contributed by atoms with van der Waals surface area (Å²) in [6.45, 7) is 13.2. The molecule has 0 saturated heterocycles. The molecule has 33 heavy (non-hydrogen) atoms. The third-order valence-corrected chi connectivity index (χ3v) is 11.0. The molecule has 0 radical (unpaired) electrons. The molecule has 0 spiro atoms. The van der Waals surface area contributed by atoms with Crippen molar-refractivity contribution in [2.24, 2.45) is 46.3 Å². The van der Waals surface area contributed by atoms with Gasteiger partial charge in [0.05, 0.1) is 6.61 Å². The van der Waals surface area contributed by atoms with Crippen LogP contribution >= 0.6 is 0 Å². The first-order valence-corrected chi connectivity index (χ1v) is 13.4. The smallest absolute Gasteiger partial charge is 0.306 e. The van der Waals surface area contributed by atoms with Crippen molar-refractivity contribution in [2.75, 3.05) is 6.61 Å². The minimum atomic E-state index is -0.411. The van der Waals surface area contributed by atoms with Gasteiger partial charge in [0.25, 0.3) is 0 Å². The first kappa shape index (κ1) is 24.7. The number of carbonyl (C=O) groups is 3. The molecule has 5 heteroatoms. The monoisotopic (exact) mass is 460 g/mol. The largest absolute Gasteiger partial charge is 0.465 e. The van der Waals surface area contributed by atoms with Gasteiger partial charge in [-0.15, -0.1) is 0 Å². The number of hydrogen-bond acceptors (Lipinski definition) is 5. The van der Waals surface area contributed by atoms with E-state index < -0.39 is 5.60 Å². The van der Waals surface area contributed by atoms with E-state index in [1.54, 1.807) is 0 Å². The molecule has 186 valence electrons. The summed E-state index contributed by atoms with van der Waals surface area (Å²) in [5, 5.41) is 0. The maximum absolute atomic E-state index is 12.7. The predicted molar refractivity (Wildman–Crippen MR) is 126 cm³/mol. The first-order valence-electron chi connectivity index (χ1n) is 13.4. The van der Waals surface area contributed by atoms with E-state index in [0.29, 0.717) is 61.7 Å². The van der Waals surface area contributed by atoms with Crippen LogP contribution in [0.15, 0.2) is 0 Å². The maximum atomic E-state index is 12.7. The van der Waals surface area contributed by atoms with E-state index in [-0.39, 0.29) is 34.6 Å². The second kappa shape index (κ2) is 8.68. The normalized spacial score (nSPS) is 46.7. The number of ketones is 1. The van der Waals surface area contributed by atoms with E-state index in [9.17, 15) is 14.4 Å². The fourth-order valence-corrected chi connectivity index (χ4v) is 9.04. The standard InChI is InChI=1S/C28H44O5/c1-7-24(30)32-16-28-18(4)14-19(29)15-23(28)17(3)13-20-21-10-12-27(6,33-25(31)8-2)26(21,5)11-9-22(20)28/h17-18,20-23H,7-16H2,1-6H3/t17-,18-,20-,21-,22-,23+,26-,27-,28+/m0/s1. The number of hydrogen-bond donors (Lipinski definition) is 0. The Balaban J connectivity index is 1.70. The summed E-state index contributed by atoms with van der Waals surface area (Å²) in [6, 6.07) is 0. The number of carbonyl (C=O) groups excluding carboxylic acids is 3. The Hall–Kier alpha value is -1.39. The minimum Gasteiger partial charge on any atom is -0.465 e. The molecule has 9 atom stereocenters. The molecule has 0 aromatic rings. The van der Waals surface area contributed by atoms with E-state index >= 15 is 0 Å². The fraction of sp³-hybridized carbons (Fsp3) is 0.893. The van der Waals surface area contributed by atoms with Crippen LogP contribution in [0.2, 0.25) is 0 Å². The Morgan fingerprint density at radius 2 is 1.61 bits per heavy atom. The second-order valence-corrected chi connectivity index (χ2v) is 12.2. The van der Waals surface area contributed by atoms with Gasteiger partial charge in [-0.2, -0.15) is 0 Å².